The summed E-state index contributed by atoms with van der Waals surface area (Å²) in [7, 11) is 2.12. The molecule has 8 heteroatoms. The smallest absolute Gasteiger partial charge is 0.323 e. The number of nitrogens with two attached hydrogens (primary N) is 1. The molecule has 1 aromatic heterocycles. The number of hydrazine groups is 1. The molecule has 112 valence electrons. The van der Waals surface area contributed by atoms with E-state index in [9.17, 15) is 0 Å². The van der Waals surface area contributed by atoms with Gasteiger partial charge in [0.2, 0.25) is 11.9 Å². The van der Waals surface area contributed by atoms with Crippen LogP contribution in [0.5, 0.6) is 6.01 Å². The minimum absolute atomic E-state index is 0.322. The molecule has 8 nitrogen and oxygen atoms in total. The number of rotatable bonds is 5. The molecule has 3 N–H and O–H groups in total. The summed E-state index contributed by atoms with van der Waals surface area (Å²) in [5, 5.41) is 0. The Morgan fingerprint density at radius 2 is 2.05 bits per heavy atom. The van der Waals surface area contributed by atoms with Gasteiger partial charge in [-0.25, -0.2) is 5.84 Å². The lowest BCUT2D eigenvalue weighted by atomic mass is 10.4. The van der Waals surface area contributed by atoms with E-state index in [4.69, 9.17) is 10.6 Å². The predicted molar refractivity (Wildman–Crippen MR) is 77.8 cm³/mol. The summed E-state index contributed by atoms with van der Waals surface area (Å²) >= 11 is 0. The van der Waals surface area contributed by atoms with Gasteiger partial charge in [-0.1, -0.05) is 6.92 Å². The number of hydrogen-bond donors (Lipinski definition) is 2. The van der Waals surface area contributed by atoms with E-state index in [0.717, 1.165) is 39.0 Å². The van der Waals surface area contributed by atoms with Gasteiger partial charge in [-0.15, -0.1) is 0 Å². The summed E-state index contributed by atoms with van der Waals surface area (Å²) in [5.74, 6) is 6.37. The van der Waals surface area contributed by atoms with E-state index in [-0.39, 0.29) is 0 Å². The SMILES string of the molecule is CCCOc1nc(NN)nc(N2CCCN(C)CC2)n1. The predicted octanol–water partition coefficient (Wildman–Crippen LogP) is 0.0879. The number of anilines is 2. The van der Waals surface area contributed by atoms with Crippen molar-refractivity contribution in [2.24, 2.45) is 5.84 Å². The molecule has 0 spiro atoms. The summed E-state index contributed by atoms with van der Waals surface area (Å²) in [6, 6.07) is 0.322. The van der Waals surface area contributed by atoms with Crippen LogP contribution in [0, 0.1) is 0 Å². The fourth-order valence-electron chi connectivity index (χ4n) is 2.06. The number of ether oxygens (including phenoxy) is 1. The van der Waals surface area contributed by atoms with Crippen molar-refractivity contribution in [1.29, 1.82) is 0 Å². The summed E-state index contributed by atoms with van der Waals surface area (Å²) in [5.41, 5.74) is 2.47. The Bertz CT molecular complexity index is 428. The van der Waals surface area contributed by atoms with Crippen molar-refractivity contribution in [3.05, 3.63) is 0 Å². The molecule has 2 heterocycles. The highest BCUT2D eigenvalue weighted by molar-refractivity contribution is 5.37. The fraction of sp³-hybridized carbons (Fsp3) is 0.750. The molecule has 1 saturated heterocycles. The van der Waals surface area contributed by atoms with Gasteiger partial charge in [0.15, 0.2) is 0 Å². The lowest BCUT2D eigenvalue weighted by Crippen LogP contribution is -2.30. The number of nitrogens with zero attached hydrogens (tertiary/aromatic N) is 5. The molecule has 1 aliphatic heterocycles. The second-order valence-corrected chi connectivity index (χ2v) is 4.88. The summed E-state index contributed by atoms with van der Waals surface area (Å²) < 4.78 is 5.49. The molecule has 0 bridgehead atoms. The lowest BCUT2D eigenvalue weighted by molar-refractivity contribution is 0.291. The van der Waals surface area contributed by atoms with Crippen molar-refractivity contribution in [2.75, 3.05) is 50.2 Å². The molecule has 0 radical (unpaired) electrons. The monoisotopic (exact) mass is 281 g/mol. The number of likely N-dealkylation sites (N-methyl/N-ethyl adjacent to an activating group) is 1. The van der Waals surface area contributed by atoms with Gasteiger partial charge in [0.05, 0.1) is 6.61 Å². The third-order valence-corrected chi connectivity index (χ3v) is 3.17. The first kappa shape index (κ1) is 14.7. The molecule has 2 rings (SSSR count). The molecule has 0 atom stereocenters. The van der Waals surface area contributed by atoms with Crippen LogP contribution in [-0.2, 0) is 0 Å². The molecule has 0 saturated carbocycles. The van der Waals surface area contributed by atoms with Crippen molar-refractivity contribution in [3.8, 4) is 6.01 Å². The second-order valence-electron chi connectivity index (χ2n) is 4.88. The molecule has 0 aromatic carbocycles. The zero-order chi connectivity index (χ0) is 14.4. The zero-order valence-electron chi connectivity index (χ0n) is 12.2. The highest BCUT2D eigenvalue weighted by Crippen LogP contribution is 2.16. The minimum Gasteiger partial charge on any atom is -0.463 e. The van der Waals surface area contributed by atoms with Crippen molar-refractivity contribution < 1.29 is 4.74 Å². The number of nitrogen functional groups attached to an aromatic ring is 1. The quantitative estimate of drug-likeness (QED) is 0.579. The normalized spacial score (nSPS) is 16.9. The van der Waals surface area contributed by atoms with Gasteiger partial charge in [-0.2, -0.15) is 15.0 Å². The highest BCUT2D eigenvalue weighted by Gasteiger charge is 2.17. The van der Waals surface area contributed by atoms with Crippen LogP contribution in [0.4, 0.5) is 11.9 Å². The lowest BCUT2D eigenvalue weighted by Gasteiger charge is -2.21. The second kappa shape index (κ2) is 7.20. The summed E-state index contributed by atoms with van der Waals surface area (Å²) in [4.78, 5) is 17.2. The average molecular weight is 281 g/mol. The largest absolute Gasteiger partial charge is 0.463 e. The fourth-order valence-corrected chi connectivity index (χ4v) is 2.06. The highest BCUT2D eigenvalue weighted by atomic mass is 16.5. The minimum atomic E-state index is 0.322. The van der Waals surface area contributed by atoms with E-state index in [1.165, 1.54) is 0 Å². The Morgan fingerprint density at radius 1 is 1.20 bits per heavy atom. The summed E-state index contributed by atoms with van der Waals surface area (Å²) in [6.45, 7) is 6.50. The van der Waals surface area contributed by atoms with Crippen LogP contribution in [0.25, 0.3) is 0 Å². The number of hydrogen-bond acceptors (Lipinski definition) is 8. The van der Waals surface area contributed by atoms with Crippen LogP contribution in [0.15, 0.2) is 0 Å². The first-order valence-electron chi connectivity index (χ1n) is 7.02. The van der Waals surface area contributed by atoms with E-state index >= 15 is 0 Å². The van der Waals surface area contributed by atoms with E-state index in [1.807, 2.05) is 6.92 Å². The van der Waals surface area contributed by atoms with Gasteiger partial charge in [0.25, 0.3) is 0 Å². The van der Waals surface area contributed by atoms with Crippen LogP contribution < -0.4 is 20.9 Å². The molecule has 0 amide bonds. The van der Waals surface area contributed by atoms with Gasteiger partial charge >= 0.3 is 6.01 Å². The Labute approximate surface area is 119 Å². The van der Waals surface area contributed by atoms with Crippen molar-refractivity contribution in [2.45, 2.75) is 19.8 Å². The van der Waals surface area contributed by atoms with Gasteiger partial charge in [0, 0.05) is 19.6 Å². The van der Waals surface area contributed by atoms with Crippen molar-refractivity contribution in [1.82, 2.24) is 19.9 Å². The van der Waals surface area contributed by atoms with E-state index in [2.05, 4.69) is 37.2 Å². The van der Waals surface area contributed by atoms with Gasteiger partial charge in [-0.3, -0.25) is 5.43 Å². The Hall–Kier alpha value is -1.67. The maximum Gasteiger partial charge on any atom is 0.323 e. The van der Waals surface area contributed by atoms with Gasteiger partial charge in [0.1, 0.15) is 0 Å². The van der Waals surface area contributed by atoms with E-state index in [0.29, 0.717) is 24.5 Å². The summed E-state index contributed by atoms with van der Waals surface area (Å²) in [6.07, 6.45) is 1.99. The third kappa shape index (κ3) is 3.91. The van der Waals surface area contributed by atoms with E-state index in [1.54, 1.807) is 0 Å². The zero-order valence-corrected chi connectivity index (χ0v) is 12.2. The maximum atomic E-state index is 5.49. The Kier molecular flexibility index (Phi) is 5.31. The first-order valence-corrected chi connectivity index (χ1v) is 7.02. The molecule has 0 unspecified atom stereocenters. The topological polar surface area (TPSA) is 92.4 Å². The van der Waals surface area contributed by atoms with Crippen molar-refractivity contribution in [3.63, 3.8) is 0 Å². The van der Waals surface area contributed by atoms with Crippen LogP contribution in [0.2, 0.25) is 0 Å². The molecule has 20 heavy (non-hydrogen) atoms. The number of aromatic nitrogens is 3. The first-order chi connectivity index (χ1) is 9.72. The molecule has 1 fully saturated rings. The van der Waals surface area contributed by atoms with E-state index < -0.39 is 0 Å². The average Bonchev–Trinajstić information content (AvgIpc) is 2.69. The van der Waals surface area contributed by atoms with Crippen LogP contribution in [0.3, 0.4) is 0 Å². The third-order valence-electron chi connectivity index (χ3n) is 3.17. The standard InChI is InChI=1S/C12H23N7O/c1-3-9-20-12-15-10(17-13)14-11(16-12)19-6-4-5-18(2)7-8-19/h3-9,13H2,1-2H3,(H,14,15,16,17). The molecule has 0 aliphatic carbocycles. The maximum absolute atomic E-state index is 5.49. The van der Waals surface area contributed by atoms with Crippen LogP contribution in [0.1, 0.15) is 19.8 Å². The van der Waals surface area contributed by atoms with Crippen LogP contribution in [-0.4, -0.2) is 59.7 Å². The molecular weight excluding hydrogens is 258 g/mol. The number of nitrogens with one attached hydrogen (secondary N) is 1. The Balaban J connectivity index is 2.16. The molecular formula is C12H23N7O. The molecule has 1 aromatic rings. The van der Waals surface area contributed by atoms with Crippen molar-refractivity contribution >= 4 is 11.9 Å². The molecule has 1 aliphatic rings. The van der Waals surface area contributed by atoms with Gasteiger partial charge in [-0.05, 0) is 26.4 Å². The van der Waals surface area contributed by atoms with Gasteiger partial charge < -0.3 is 14.5 Å². The Morgan fingerprint density at radius 3 is 2.80 bits per heavy atom. The van der Waals surface area contributed by atoms with Crippen LogP contribution >= 0.6 is 0 Å².